The highest BCUT2D eigenvalue weighted by molar-refractivity contribution is 7.00. The van der Waals surface area contributed by atoms with E-state index >= 15 is 0 Å². The van der Waals surface area contributed by atoms with Crippen molar-refractivity contribution in [2.24, 2.45) is 0 Å². The Morgan fingerprint density at radius 1 is 0.514 bits per heavy atom. The van der Waals surface area contributed by atoms with Crippen molar-refractivity contribution in [1.29, 1.82) is 0 Å². The van der Waals surface area contributed by atoms with Gasteiger partial charge in [-0.25, -0.2) is 4.68 Å². The van der Waals surface area contributed by atoms with Gasteiger partial charge < -0.3 is 4.57 Å². The maximum atomic E-state index is 4.60. The van der Waals surface area contributed by atoms with Crippen LogP contribution >= 0.6 is 0 Å². The Kier molecular flexibility index (Phi) is 3.02. The van der Waals surface area contributed by atoms with Crippen molar-refractivity contribution < 1.29 is 0 Å². The fraction of sp³-hybridized carbons (Fsp3) is 0. The molecule has 0 aliphatic carbocycles. The topological polar surface area (TPSA) is 35.6 Å². The summed E-state index contributed by atoms with van der Waals surface area (Å²) >= 11 is 0. The number of rotatable bonds is 0. The minimum absolute atomic E-state index is 0.138. The van der Waals surface area contributed by atoms with E-state index in [9.17, 15) is 0 Å². The monoisotopic (exact) mass is 468 g/mol. The fourth-order valence-electron chi connectivity index (χ4n) is 7.32. The van der Waals surface area contributed by atoms with E-state index < -0.39 is 0 Å². The van der Waals surface area contributed by atoms with Crippen LogP contribution in [0.1, 0.15) is 0 Å². The Morgan fingerprint density at radius 3 is 2.03 bits per heavy atom. The molecule has 2 aliphatic rings. The van der Waals surface area contributed by atoms with Gasteiger partial charge in [0.05, 0.1) is 16.7 Å². The molecule has 10 rings (SSSR count). The van der Waals surface area contributed by atoms with E-state index in [0.29, 0.717) is 0 Å². The third-order valence-electron chi connectivity index (χ3n) is 8.63. The second kappa shape index (κ2) is 6.08. The lowest BCUT2D eigenvalue weighted by Crippen LogP contribution is -2.59. The van der Waals surface area contributed by atoms with Gasteiger partial charge in [0.15, 0.2) is 0 Å². The Labute approximate surface area is 211 Å². The van der Waals surface area contributed by atoms with Gasteiger partial charge in [-0.1, -0.05) is 90.1 Å². The zero-order valence-corrected chi connectivity index (χ0v) is 19.7. The highest BCUT2D eigenvalue weighted by Crippen LogP contribution is 2.43. The summed E-state index contributed by atoms with van der Waals surface area (Å²) in [5.74, 6) is 0. The van der Waals surface area contributed by atoms with Gasteiger partial charge in [0.25, 0.3) is 6.71 Å². The van der Waals surface area contributed by atoms with E-state index in [1.54, 1.807) is 0 Å². The van der Waals surface area contributed by atoms with Crippen LogP contribution in [-0.4, -0.2) is 26.3 Å². The number of hydrogen-bond acceptors (Lipinski definition) is 2. The first-order valence-corrected chi connectivity index (χ1v) is 12.7. The molecule has 0 radical (unpaired) electrons. The third-order valence-corrected chi connectivity index (χ3v) is 8.63. The maximum Gasteiger partial charge on any atom is 0.252 e. The van der Waals surface area contributed by atoms with E-state index in [2.05, 4.69) is 118 Å². The summed E-state index contributed by atoms with van der Waals surface area (Å²) < 4.78 is 4.58. The van der Waals surface area contributed by atoms with Crippen molar-refractivity contribution in [2.45, 2.75) is 0 Å². The van der Waals surface area contributed by atoms with Crippen LogP contribution in [0.3, 0.4) is 0 Å². The number of fused-ring (bicyclic) bond motifs is 12. The molecule has 0 amide bonds. The van der Waals surface area contributed by atoms with E-state index in [-0.39, 0.29) is 6.71 Å². The van der Waals surface area contributed by atoms with Gasteiger partial charge in [-0.2, -0.15) is 0 Å². The normalized spacial score (nSPS) is 13.4. The Bertz CT molecular complexity index is 2320. The van der Waals surface area contributed by atoms with Crippen molar-refractivity contribution in [2.75, 3.05) is 0 Å². The lowest BCUT2D eigenvalue weighted by Gasteiger charge is -2.32. The van der Waals surface area contributed by atoms with Gasteiger partial charge >= 0.3 is 0 Å². The average molecular weight is 468 g/mol. The van der Waals surface area contributed by atoms with Gasteiger partial charge in [-0.05, 0) is 50.7 Å². The van der Waals surface area contributed by atoms with E-state index in [1.165, 1.54) is 65.4 Å². The van der Waals surface area contributed by atoms with Gasteiger partial charge in [0.1, 0.15) is 5.52 Å². The lowest BCUT2D eigenvalue weighted by atomic mass is 9.34. The molecule has 0 saturated carbocycles. The zero-order valence-electron chi connectivity index (χ0n) is 19.7. The Morgan fingerprint density at radius 2 is 1.16 bits per heavy atom. The molecule has 0 saturated heterocycles. The summed E-state index contributed by atoms with van der Waals surface area (Å²) in [6.07, 6.45) is 0. The minimum Gasteiger partial charge on any atom is -0.310 e. The van der Waals surface area contributed by atoms with Crippen LogP contribution in [0, 0.1) is 0 Å². The van der Waals surface area contributed by atoms with Crippen LogP contribution in [0.2, 0.25) is 0 Å². The highest BCUT2D eigenvalue weighted by Gasteiger charge is 2.40. The van der Waals surface area contributed by atoms with Crippen LogP contribution in [0.15, 0.2) is 103 Å². The zero-order chi connectivity index (χ0) is 23.8. The van der Waals surface area contributed by atoms with E-state index in [4.69, 9.17) is 0 Å². The SMILES string of the molecule is c1cc2c3c(c1)-n1c4c(cccc4c4c5ccccc5c5ccccc5c41)B3c1cccc3nnn-2c13. The molecule has 0 atom stereocenters. The maximum absolute atomic E-state index is 4.60. The van der Waals surface area contributed by atoms with Crippen LogP contribution < -0.4 is 16.4 Å². The van der Waals surface area contributed by atoms with Crippen molar-refractivity contribution in [3.8, 4) is 11.4 Å². The molecule has 6 aromatic carbocycles. The number of aromatic nitrogens is 4. The van der Waals surface area contributed by atoms with Crippen LogP contribution in [0.25, 0.3) is 65.8 Å². The predicted molar refractivity (Wildman–Crippen MR) is 153 cm³/mol. The van der Waals surface area contributed by atoms with Crippen LogP contribution in [0.4, 0.5) is 0 Å². The highest BCUT2D eigenvalue weighted by atomic mass is 15.4. The lowest BCUT2D eigenvalue weighted by molar-refractivity contribution is 0.826. The Hall–Kier alpha value is -4.90. The molecular formula is C32H17BN4. The standard InChI is InChI=1S/C32H17BN4/c1-3-10-20-18(8-1)19-9-2-4-11-21(19)31-28(20)22-12-5-13-23-30(22)36(31)26-16-7-17-27-29(26)33(23)24-14-6-15-25-32(24)37(27)35-34-25/h1-17H. The molecular weight excluding hydrogens is 451 g/mol. The molecule has 0 N–H and O–H groups in total. The first kappa shape index (κ1) is 18.4. The summed E-state index contributed by atoms with van der Waals surface area (Å²) in [6, 6.07) is 37.7. The molecule has 4 nitrogen and oxygen atoms in total. The van der Waals surface area contributed by atoms with Crippen molar-refractivity contribution in [3.05, 3.63) is 103 Å². The van der Waals surface area contributed by atoms with Crippen molar-refractivity contribution in [1.82, 2.24) is 19.6 Å². The molecule has 2 aliphatic heterocycles. The summed E-state index contributed by atoms with van der Waals surface area (Å²) in [5, 5.41) is 17.0. The molecule has 5 heteroatoms. The Balaban J connectivity index is 1.53. The van der Waals surface area contributed by atoms with E-state index in [0.717, 1.165) is 16.7 Å². The molecule has 0 spiro atoms. The summed E-state index contributed by atoms with van der Waals surface area (Å²) in [5.41, 5.74) is 11.0. The molecule has 0 unspecified atom stereocenters. The van der Waals surface area contributed by atoms with Gasteiger partial charge in [-0.3, -0.25) is 0 Å². The molecule has 168 valence electrons. The molecule has 0 fully saturated rings. The summed E-state index contributed by atoms with van der Waals surface area (Å²) in [7, 11) is 0. The number of para-hydroxylation sites is 2. The first-order chi connectivity index (χ1) is 18.4. The second-order valence-corrected chi connectivity index (χ2v) is 10.3. The molecule has 4 heterocycles. The second-order valence-electron chi connectivity index (χ2n) is 10.3. The smallest absolute Gasteiger partial charge is 0.252 e. The summed E-state index contributed by atoms with van der Waals surface area (Å²) in [6.45, 7) is 0.138. The molecule has 2 aromatic heterocycles. The predicted octanol–water partition coefficient (Wildman–Crippen LogP) is 4.97. The number of hydrogen-bond donors (Lipinski definition) is 0. The van der Waals surface area contributed by atoms with Gasteiger partial charge in [0.2, 0.25) is 0 Å². The van der Waals surface area contributed by atoms with Crippen molar-refractivity contribution >= 4 is 77.5 Å². The fourth-order valence-corrected chi connectivity index (χ4v) is 7.32. The van der Waals surface area contributed by atoms with Gasteiger partial charge in [-0.15, -0.1) is 5.10 Å². The van der Waals surface area contributed by atoms with Gasteiger partial charge in [0, 0.05) is 27.4 Å². The van der Waals surface area contributed by atoms with Crippen LogP contribution in [0.5, 0.6) is 0 Å². The summed E-state index contributed by atoms with van der Waals surface area (Å²) in [4.78, 5) is 0. The molecule has 0 bridgehead atoms. The molecule has 8 aromatic rings. The third kappa shape index (κ3) is 1.95. The van der Waals surface area contributed by atoms with E-state index in [1.807, 2.05) is 4.68 Å². The van der Waals surface area contributed by atoms with Crippen LogP contribution in [-0.2, 0) is 0 Å². The largest absolute Gasteiger partial charge is 0.310 e. The number of nitrogens with zero attached hydrogens (tertiary/aromatic N) is 4. The quantitative estimate of drug-likeness (QED) is 0.233. The van der Waals surface area contributed by atoms with Crippen molar-refractivity contribution in [3.63, 3.8) is 0 Å². The minimum atomic E-state index is 0.138. The molecule has 37 heavy (non-hydrogen) atoms. The average Bonchev–Trinajstić information content (AvgIpc) is 3.55. The first-order valence-electron chi connectivity index (χ1n) is 12.7. The number of benzene rings is 6.